The molecule has 25 heavy (non-hydrogen) atoms. The highest BCUT2D eigenvalue weighted by Gasteiger charge is 2.28. The number of nitrogens with one attached hydrogen (secondary N) is 2. The number of carbonyl (C=O) groups is 3. The molecule has 2 aliphatic rings. The van der Waals surface area contributed by atoms with Crippen LogP contribution in [0, 0.1) is 0 Å². The first-order valence-corrected chi connectivity index (χ1v) is 8.91. The van der Waals surface area contributed by atoms with Crippen molar-refractivity contribution in [3.05, 3.63) is 0 Å². The van der Waals surface area contributed by atoms with Crippen LogP contribution >= 0.6 is 0 Å². The molecule has 2 heterocycles. The summed E-state index contributed by atoms with van der Waals surface area (Å²) in [4.78, 5) is 37.5. The van der Waals surface area contributed by atoms with Gasteiger partial charge in [-0.25, -0.2) is 4.79 Å². The number of rotatable bonds is 4. The zero-order valence-electron chi connectivity index (χ0n) is 15.3. The van der Waals surface area contributed by atoms with Gasteiger partial charge < -0.3 is 25.0 Å². The van der Waals surface area contributed by atoms with E-state index in [9.17, 15) is 14.4 Å². The summed E-state index contributed by atoms with van der Waals surface area (Å²) in [5.74, 6) is -0.191. The van der Waals surface area contributed by atoms with E-state index in [0.29, 0.717) is 32.5 Å². The molecule has 142 valence electrons. The number of hydrogen-bond donors (Lipinski definition) is 2. The zero-order chi connectivity index (χ0) is 18.4. The molecule has 0 bridgehead atoms. The number of alkyl carbamates (subject to hydrolysis) is 1. The zero-order valence-corrected chi connectivity index (χ0v) is 15.3. The average Bonchev–Trinajstić information content (AvgIpc) is 3.06. The van der Waals surface area contributed by atoms with E-state index >= 15 is 0 Å². The lowest BCUT2D eigenvalue weighted by molar-refractivity contribution is -0.132. The minimum Gasteiger partial charge on any atom is -0.444 e. The van der Waals surface area contributed by atoms with E-state index in [1.54, 1.807) is 25.7 Å². The molecule has 1 unspecified atom stereocenters. The maximum absolute atomic E-state index is 12.2. The maximum atomic E-state index is 12.2. The first-order chi connectivity index (χ1) is 11.7. The van der Waals surface area contributed by atoms with Crippen LogP contribution in [0.2, 0.25) is 0 Å². The minimum absolute atomic E-state index is 0.0473. The van der Waals surface area contributed by atoms with Crippen LogP contribution < -0.4 is 10.6 Å². The molecule has 0 aromatic heterocycles. The molecule has 2 rings (SSSR count). The average molecular weight is 355 g/mol. The van der Waals surface area contributed by atoms with E-state index in [4.69, 9.17) is 9.47 Å². The van der Waals surface area contributed by atoms with Gasteiger partial charge in [-0.2, -0.15) is 0 Å². The molecule has 0 spiro atoms. The first-order valence-electron chi connectivity index (χ1n) is 8.91. The Morgan fingerprint density at radius 3 is 2.40 bits per heavy atom. The molecule has 3 amide bonds. The Kier molecular flexibility index (Phi) is 6.64. The van der Waals surface area contributed by atoms with Gasteiger partial charge in [0.2, 0.25) is 11.8 Å². The highest BCUT2D eigenvalue weighted by Crippen LogP contribution is 2.15. The molecule has 1 atom stereocenters. The fourth-order valence-corrected chi connectivity index (χ4v) is 2.93. The van der Waals surface area contributed by atoms with Gasteiger partial charge in [-0.15, -0.1) is 0 Å². The van der Waals surface area contributed by atoms with E-state index < -0.39 is 11.7 Å². The highest BCUT2D eigenvalue weighted by molar-refractivity contribution is 5.83. The van der Waals surface area contributed by atoms with E-state index in [-0.39, 0.29) is 30.5 Å². The van der Waals surface area contributed by atoms with Crippen LogP contribution in [-0.4, -0.2) is 66.8 Å². The molecular formula is C17H29N3O5. The summed E-state index contributed by atoms with van der Waals surface area (Å²) >= 11 is 0. The lowest BCUT2D eigenvalue weighted by atomic mass is 10.0. The largest absolute Gasteiger partial charge is 0.444 e. The summed E-state index contributed by atoms with van der Waals surface area (Å²) in [5, 5.41) is 5.48. The minimum atomic E-state index is -0.598. The van der Waals surface area contributed by atoms with Gasteiger partial charge >= 0.3 is 6.09 Å². The summed E-state index contributed by atoms with van der Waals surface area (Å²) in [6.07, 6.45) is 2.19. The van der Waals surface area contributed by atoms with Gasteiger partial charge in [0, 0.05) is 25.7 Å². The van der Waals surface area contributed by atoms with Crippen molar-refractivity contribution in [3.63, 3.8) is 0 Å². The number of ether oxygens (including phenoxy) is 2. The Balaban J connectivity index is 1.66. The Morgan fingerprint density at radius 1 is 1.16 bits per heavy atom. The van der Waals surface area contributed by atoms with Gasteiger partial charge in [0.1, 0.15) is 18.2 Å². The second kappa shape index (κ2) is 8.51. The van der Waals surface area contributed by atoms with Gasteiger partial charge in [-0.05, 0) is 46.5 Å². The van der Waals surface area contributed by atoms with Crippen molar-refractivity contribution in [2.24, 2.45) is 0 Å². The van der Waals surface area contributed by atoms with Gasteiger partial charge in [0.15, 0.2) is 0 Å². The van der Waals surface area contributed by atoms with Crippen molar-refractivity contribution in [1.29, 1.82) is 0 Å². The molecular weight excluding hydrogens is 326 g/mol. The van der Waals surface area contributed by atoms with Crippen molar-refractivity contribution in [1.82, 2.24) is 15.5 Å². The lowest BCUT2D eigenvalue weighted by Crippen LogP contribution is -2.50. The highest BCUT2D eigenvalue weighted by atomic mass is 16.6. The Morgan fingerprint density at radius 2 is 1.84 bits per heavy atom. The predicted octanol–water partition coefficient (Wildman–Crippen LogP) is 0.797. The number of likely N-dealkylation sites (tertiary alicyclic amines) is 1. The molecule has 0 saturated carbocycles. The SMILES string of the molecule is CC(C)(C)OC(=O)NCC(=O)N1CCC(NC(=O)C2CCCO2)CC1. The third-order valence-corrected chi connectivity index (χ3v) is 4.20. The fourth-order valence-electron chi connectivity index (χ4n) is 2.93. The summed E-state index contributed by atoms with van der Waals surface area (Å²) < 4.78 is 10.5. The van der Waals surface area contributed by atoms with E-state index in [2.05, 4.69) is 10.6 Å². The number of nitrogens with zero attached hydrogens (tertiary/aromatic N) is 1. The summed E-state index contributed by atoms with van der Waals surface area (Å²) in [5.41, 5.74) is -0.591. The third-order valence-electron chi connectivity index (χ3n) is 4.20. The van der Waals surface area contributed by atoms with Crippen LogP contribution in [0.3, 0.4) is 0 Å². The molecule has 0 aromatic carbocycles. The van der Waals surface area contributed by atoms with Gasteiger partial charge in [0.05, 0.1) is 0 Å². The Labute approximate surface area is 148 Å². The summed E-state index contributed by atoms with van der Waals surface area (Å²) in [6, 6.07) is 0.0690. The second-order valence-electron chi connectivity index (χ2n) is 7.52. The molecule has 2 aliphatic heterocycles. The molecule has 2 fully saturated rings. The van der Waals surface area contributed by atoms with E-state index in [1.165, 1.54) is 0 Å². The van der Waals surface area contributed by atoms with Crippen LogP contribution in [0.4, 0.5) is 4.79 Å². The van der Waals surface area contributed by atoms with E-state index in [1.807, 2.05) is 0 Å². The molecule has 0 aliphatic carbocycles. The maximum Gasteiger partial charge on any atom is 0.408 e. The fraction of sp³-hybridized carbons (Fsp3) is 0.824. The Bertz CT molecular complexity index is 489. The second-order valence-corrected chi connectivity index (χ2v) is 7.52. The lowest BCUT2D eigenvalue weighted by Gasteiger charge is -2.33. The molecule has 8 nitrogen and oxygen atoms in total. The molecule has 0 radical (unpaired) electrons. The topological polar surface area (TPSA) is 97.0 Å². The van der Waals surface area contributed by atoms with Crippen molar-refractivity contribution in [2.45, 2.75) is 64.2 Å². The number of carbonyl (C=O) groups excluding carboxylic acids is 3. The number of piperidine rings is 1. The van der Waals surface area contributed by atoms with Crippen LogP contribution in [-0.2, 0) is 19.1 Å². The monoisotopic (exact) mass is 355 g/mol. The van der Waals surface area contributed by atoms with Crippen LogP contribution in [0.5, 0.6) is 0 Å². The van der Waals surface area contributed by atoms with Crippen LogP contribution in [0.25, 0.3) is 0 Å². The van der Waals surface area contributed by atoms with Crippen molar-refractivity contribution in [3.8, 4) is 0 Å². The summed E-state index contributed by atoms with van der Waals surface area (Å²) in [6.45, 7) is 6.99. The van der Waals surface area contributed by atoms with Crippen molar-refractivity contribution < 1.29 is 23.9 Å². The Hall–Kier alpha value is -1.83. The molecule has 2 saturated heterocycles. The predicted molar refractivity (Wildman–Crippen MR) is 91.0 cm³/mol. The number of hydrogen-bond acceptors (Lipinski definition) is 5. The van der Waals surface area contributed by atoms with Crippen molar-refractivity contribution in [2.75, 3.05) is 26.2 Å². The molecule has 8 heteroatoms. The first kappa shape index (κ1) is 19.5. The molecule has 2 N–H and O–H groups in total. The molecule has 0 aromatic rings. The van der Waals surface area contributed by atoms with Gasteiger partial charge in [0.25, 0.3) is 0 Å². The van der Waals surface area contributed by atoms with Crippen LogP contribution in [0.1, 0.15) is 46.5 Å². The van der Waals surface area contributed by atoms with Gasteiger partial charge in [-0.3, -0.25) is 9.59 Å². The van der Waals surface area contributed by atoms with E-state index in [0.717, 1.165) is 12.8 Å². The van der Waals surface area contributed by atoms with Crippen LogP contribution in [0.15, 0.2) is 0 Å². The quantitative estimate of drug-likeness (QED) is 0.777. The smallest absolute Gasteiger partial charge is 0.408 e. The summed E-state index contributed by atoms with van der Waals surface area (Å²) in [7, 11) is 0. The standard InChI is InChI=1S/C17H29N3O5/c1-17(2,3)25-16(23)18-11-14(21)20-8-6-12(7-9-20)19-15(22)13-5-4-10-24-13/h12-13H,4-11H2,1-3H3,(H,18,23)(H,19,22). The van der Waals surface area contributed by atoms with Gasteiger partial charge in [-0.1, -0.05) is 0 Å². The third kappa shape index (κ3) is 6.53. The number of amides is 3. The normalized spacial score (nSPS) is 21.7. The van der Waals surface area contributed by atoms with Crippen molar-refractivity contribution >= 4 is 17.9 Å².